The van der Waals surface area contributed by atoms with Crippen LogP contribution in [0.2, 0.25) is 0 Å². The first kappa shape index (κ1) is 18.9. The van der Waals surface area contributed by atoms with Crippen molar-refractivity contribution in [3.05, 3.63) is 64.1 Å². The van der Waals surface area contributed by atoms with Gasteiger partial charge >= 0.3 is 0 Å². The van der Waals surface area contributed by atoms with Crippen LogP contribution in [0.1, 0.15) is 26.8 Å². The van der Waals surface area contributed by atoms with Crippen molar-refractivity contribution < 1.29 is 19.1 Å². The fourth-order valence-electron chi connectivity index (χ4n) is 2.71. The van der Waals surface area contributed by atoms with Gasteiger partial charge in [-0.05, 0) is 29.8 Å². The number of carbonyl (C=O) groups is 2. The number of carbonyl (C=O) groups excluding carboxylic acids is 2. The number of benzene rings is 2. The number of aryl methyl sites for hydroxylation is 1. The van der Waals surface area contributed by atoms with Crippen molar-refractivity contribution in [3.63, 3.8) is 0 Å². The molecule has 0 unspecified atom stereocenters. The van der Waals surface area contributed by atoms with Crippen LogP contribution in [0.3, 0.4) is 0 Å². The van der Waals surface area contributed by atoms with Crippen molar-refractivity contribution in [2.75, 3.05) is 12.1 Å². The minimum atomic E-state index is -0.313. The zero-order chi connectivity index (χ0) is 20.1. The molecule has 2 amide bonds. The maximum absolute atomic E-state index is 12.2. The van der Waals surface area contributed by atoms with Crippen molar-refractivity contribution in [2.24, 2.45) is 0 Å². The molecule has 2 N–H and O–H groups in total. The van der Waals surface area contributed by atoms with Crippen LogP contribution in [-0.4, -0.2) is 28.8 Å². The van der Waals surface area contributed by atoms with Gasteiger partial charge in [-0.2, -0.15) is 0 Å². The van der Waals surface area contributed by atoms with E-state index in [0.717, 1.165) is 5.56 Å². The number of rotatable bonds is 7. The second-order valence-corrected chi connectivity index (χ2v) is 7.35. The van der Waals surface area contributed by atoms with Gasteiger partial charge < -0.3 is 20.1 Å². The number of ether oxygens (including phenoxy) is 2. The number of hydrogen-bond donors (Lipinski definition) is 2. The number of nitrogens with zero attached hydrogens (tertiary/aromatic N) is 2. The highest BCUT2D eigenvalue weighted by Crippen LogP contribution is 2.32. The van der Waals surface area contributed by atoms with Gasteiger partial charge in [0.05, 0.1) is 0 Å². The molecule has 1 aromatic heterocycles. The number of fused-ring (bicyclic) bond motifs is 1. The molecule has 0 saturated heterocycles. The van der Waals surface area contributed by atoms with Gasteiger partial charge in [-0.25, -0.2) is 0 Å². The highest BCUT2D eigenvalue weighted by atomic mass is 32.1. The predicted molar refractivity (Wildman–Crippen MR) is 107 cm³/mol. The monoisotopic (exact) mass is 410 g/mol. The minimum Gasteiger partial charge on any atom is -0.454 e. The molecule has 2 heterocycles. The summed E-state index contributed by atoms with van der Waals surface area (Å²) in [6, 6.07) is 14.7. The van der Waals surface area contributed by atoms with Crippen LogP contribution < -0.4 is 20.1 Å². The third kappa shape index (κ3) is 4.88. The SMILES string of the molecule is O=C(CCc1nnc(C(=O)Nc2ccccc2)s1)NCc1ccc2c(c1)OCO2. The molecular weight excluding hydrogens is 392 g/mol. The second kappa shape index (κ2) is 8.70. The lowest BCUT2D eigenvalue weighted by atomic mass is 10.2. The molecule has 8 nitrogen and oxygen atoms in total. The first-order chi connectivity index (χ1) is 14.2. The number of hydrogen-bond acceptors (Lipinski definition) is 7. The van der Waals surface area contributed by atoms with E-state index < -0.39 is 0 Å². The Hall–Kier alpha value is -3.46. The van der Waals surface area contributed by atoms with Crippen molar-refractivity contribution in [2.45, 2.75) is 19.4 Å². The van der Waals surface area contributed by atoms with Crippen LogP contribution in [0.4, 0.5) is 5.69 Å². The molecular formula is C20H18N4O4S. The summed E-state index contributed by atoms with van der Waals surface area (Å²) in [5, 5.41) is 14.5. The van der Waals surface area contributed by atoms with Gasteiger partial charge in [0.1, 0.15) is 5.01 Å². The maximum Gasteiger partial charge on any atom is 0.286 e. The lowest BCUT2D eigenvalue weighted by molar-refractivity contribution is -0.121. The van der Waals surface area contributed by atoms with Crippen LogP contribution >= 0.6 is 11.3 Å². The number of anilines is 1. The summed E-state index contributed by atoms with van der Waals surface area (Å²) in [4.78, 5) is 24.3. The number of aromatic nitrogens is 2. The van der Waals surface area contributed by atoms with Gasteiger partial charge in [-0.15, -0.1) is 10.2 Å². The van der Waals surface area contributed by atoms with E-state index >= 15 is 0 Å². The third-order valence-corrected chi connectivity index (χ3v) is 5.17. The van der Waals surface area contributed by atoms with Crippen LogP contribution in [0.5, 0.6) is 11.5 Å². The smallest absolute Gasteiger partial charge is 0.286 e. The number of amides is 2. The summed E-state index contributed by atoms with van der Waals surface area (Å²) in [6.07, 6.45) is 0.683. The molecule has 0 saturated carbocycles. The lowest BCUT2D eigenvalue weighted by Gasteiger charge is -2.05. The molecule has 9 heteroatoms. The maximum atomic E-state index is 12.2. The predicted octanol–water partition coefficient (Wildman–Crippen LogP) is 2.77. The molecule has 0 fully saturated rings. The molecule has 1 aliphatic heterocycles. The summed E-state index contributed by atoms with van der Waals surface area (Å²) in [6.45, 7) is 0.620. The van der Waals surface area contributed by atoms with Gasteiger partial charge in [-0.1, -0.05) is 35.6 Å². The zero-order valence-electron chi connectivity index (χ0n) is 15.4. The van der Waals surface area contributed by atoms with E-state index in [1.807, 2.05) is 36.4 Å². The first-order valence-corrected chi connectivity index (χ1v) is 9.83. The highest BCUT2D eigenvalue weighted by Gasteiger charge is 2.15. The average molecular weight is 410 g/mol. The summed E-state index contributed by atoms with van der Waals surface area (Å²) in [5.74, 6) is 0.982. The normalized spacial score (nSPS) is 11.9. The summed E-state index contributed by atoms with van der Waals surface area (Å²) < 4.78 is 10.6. The van der Waals surface area contributed by atoms with Crippen molar-refractivity contribution in [3.8, 4) is 11.5 Å². The number of nitrogens with one attached hydrogen (secondary N) is 2. The molecule has 1 aliphatic rings. The fraction of sp³-hybridized carbons (Fsp3) is 0.200. The van der Waals surface area contributed by atoms with Crippen molar-refractivity contribution >= 4 is 28.8 Å². The minimum absolute atomic E-state index is 0.104. The molecule has 148 valence electrons. The molecule has 3 aromatic rings. The first-order valence-electron chi connectivity index (χ1n) is 9.01. The molecule has 0 bridgehead atoms. The summed E-state index contributed by atoms with van der Waals surface area (Å²) >= 11 is 1.19. The Balaban J connectivity index is 1.24. The molecule has 0 atom stereocenters. The zero-order valence-corrected chi connectivity index (χ0v) is 16.2. The summed E-state index contributed by atoms with van der Waals surface area (Å²) in [7, 11) is 0. The van der Waals surface area contributed by atoms with Crippen LogP contribution in [0.25, 0.3) is 0 Å². The van der Waals surface area contributed by atoms with Crippen LogP contribution in [0.15, 0.2) is 48.5 Å². The van der Waals surface area contributed by atoms with Crippen molar-refractivity contribution in [1.82, 2.24) is 15.5 Å². The van der Waals surface area contributed by atoms with E-state index in [4.69, 9.17) is 9.47 Å². The molecule has 2 aromatic carbocycles. The lowest BCUT2D eigenvalue weighted by Crippen LogP contribution is -2.22. The average Bonchev–Trinajstić information content (AvgIpc) is 3.40. The Morgan fingerprint density at radius 3 is 2.72 bits per heavy atom. The van der Waals surface area contributed by atoms with Gasteiger partial charge in [0.15, 0.2) is 11.5 Å². The highest BCUT2D eigenvalue weighted by molar-refractivity contribution is 7.13. The second-order valence-electron chi connectivity index (χ2n) is 6.29. The van der Waals surface area contributed by atoms with Crippen LogP contribution in [-0.2, 0) is 17.8 Å². The Morgan fingerprint density at radius 1 is 1.03 bits per heavy atom. The molecule has 4 rings (SSSR count). The topological polar surface area (TPSA) is 102 Å². The summed E-state index contributed by atoms with van der Waals surface area (Å²) in [5.41, 5.74) is 1.62. The van der Waals surface area contributed by atoms with E-state index in [0.29, 0.717) is 35.2 Å². The van der Waals surface area contributed by atoms with Gasteiger partial charge in [0.25, 0.3) is 5.91 Å². The Bertz CT molecular complexity index is 1020. The Morgan fingerprint density at radius 2 is 1.86 bits per heavy atom. The van der Waals surface area contributed by atoms with E-state index in [-0.39, 0.29) is 30.0 Å². The van der Waals surface area contributed by atoms with Gasteiger partial charge in [0.2, 0.25) is 17.7 Å². The van der Waals surface area contributed by atoms with Crippen LogP contribution in [0, 0.1) is 0 Å². The van der Waals surface area contributed by atoms with E-state index in [1.165, 1.54) is 11.3 Å². The Labute approximate surface area is 170 Å². The third-order valence-electron chi connectivity index (χ3n) is 4.19. The van der Waals surface area contributed by atoms with E-state index in [1.54, 1.807) is 12.1 Å². The van der Waals surface area contributed by atoms with E-state index in [9.17, 15) is 9.59 Å². The van der Waals surface area contributed by atoms with E-state index in [2.05, 4.69) is 20.8 Å². The largest absolute Gasteiger partial charge is 0.454 e. The van der Waals surface area contributed by atoms with Gasteiger partial charge in [0, 0.05) is 25.1 Å². The molecule has 29 heavy (non-hydrogen) atoms. The molecule has 0 spiro atoms. The quantitative estimate of drug-likeness (QED) is 0.621. The van der Waals surface area contributed by atoms with Gasteiger partial charge in [-0.3, -0.25) is 9.59 Å². The molecule has 0 radical (unpaired) electrons. The fourth-order valence-corrected chi connectivity index (χ4v) is 3.45. The Kier molecular flexibility index (Phi) is 5.66. The molecule has 0 aliphatic carbocycles. The number of para-hydroxylation sites is 1. The van der Waals surface area contributed by atoms with Crippen molar-refractivity contribution in [1.29, 1.82) is 0 Å². The standard InChI is InChI=1S/C20H18N4O4S/c25-17(21-11-13-6-7-15-16(10-13)28-12-27-15)8-9-18-23-24-20(29-18)19(26)22-14-4-2-1-3-5-14/h1-7,10H,8-9,11-12H2,(H,21,25)(H,22,26).